The maximum Gasteiger partial charge on any atom is 0.408 e. The molecule has 236 valence electrons. The zero-order chi connectivity index (χ0) is 32.1. The number of alkyl carbamates (subject to hydrolysis) is 1. The van der Waals surface area contributed by atoms with Gasteiger partial charge in [-0.1, -0.05) is 54.6 Å². The Morgan fingerprint density at radius 3 is 1.84 bits per heavy atom. The average Bonchev–Trinajstić information content (AvgIpc) is 3.56. The van der Waals surface area contributed by atoms with Crippen LogP contribution >= 0.6 is 0 Å². The number of aliphatic carboxylic acids is 1. The molecule has 0 unspecified atom stereocenters. The zero-order valence-corrected chi connectivity index (χ0v) is 25.9. The van der Waals surface area contributed by atoms with Crippen molar-refractivity contribution in [2.45, 2.75) is 63.8 Å². The van der Waals surface area contributed by atoms with Gasteiger partial charge in [-0.2, -0.15) is 0 Å². The number of amides is 1. The highest BCUT2D eigenvalue weighted by Crippen LogP contribution is 2.32. The Labute approximate surface area is 258 Å². The Morgan fingerprint density at radius 1 is 0.886 bits per heavy atom. The molecule has 0 saturated carbocycles. The molecule has 3 aromatic rings. The minimum Gasteiger partial charge on any atom is -0.497 e. The molecule has 10 nitrogen and oxygen atoms in total. The lowest BCUT2D eigenvalue weighted by atomic mass is 9.85. The van der Waals surface area contributed by atoms with Crippen molar-refractivity contribution in [3.05, 3.63) is 95.6 Å². The Morgan fingerprint density at radius 2 is 1.43 bits per heavy atom. The molecule has 1 aliphatic heterocycles. The molecule has 1 aliphatic rings. The van der Waals surface area contributed by atoms with Crippen LogP contribution in [0.2, 0.25) is 0 Å². The Balaban J connectivity index is 0.000000572. The number of hydrogen-bond donors (Lipinski definition) is 3. The first-order chi connectivity index (χ1) is 21.0. The van der Waals surface area contributed by atoms with Crippen LogP contribution in [0.4, 0.5) is 4.79 Å². The molecule has 0 spiro atoms. The maximum absolute atomic E-state index is 13.5. The fraction of sp³-hybridized carbons (Fsp3) is 0.382. The molecule has 0 aliphatic carbocycles. The van der Waals surface area contributed by atoms with Crippen LogP contribution in [0.15, 0.2) is 78.9 Å². The lowest BCUT2D eigenvalue weighted by molar-refractivity contribution is -0.148. The largest absolute Gasteiger partial charge is 0.497 e. The first kappa shape index (κ1) is 33.9. The van der Waals surface area contributed by atoms with Gasteiger partial charge in [0.05, 0.1) is 14.2 Å². The predicted octanol–water partition coefficient (Wildman–Crippen LogP) is 5.30. The lowest BCUT2D eigenvalue weighted by Crippen LogP contribution is -2.48. The monoisotopic (exact) mass is 606 g/mol. The minimum absolute atomic E-state index is 0.0735. The van der Waals surface area contributed by atoms with E-state index < -0.39 is 35.6 Å². The Bertz CT molecular complexity index is 1280. The van der Waals surface area contributed by atoms with Gasteiger partial charge in [-0.05, 0) is 81.1 Å². The van der Waals surface area contributed by atoms with E-state index in [1.54, 1.807) is 35.0 Å². The standard InChI is InChI=1S/C29H33NO6.C5H9NO2/c1-29(2,3)36-28(32)30-26(27(31)35-19-20-9-7-6-8-10-20)25(21-11-15-23(33-4)16-12-21)22-13-17-24(34-5)18-14-22;7-5(8)4-2-1-3-6-4/h6-18,25-26H,19H2,1-5H3,(H,30,32);4,6H,1-3H2,(H,7,8)/t26-;4-/m00/s1. The third kappa shape index (κ3) is 10.6. The molecule has 1 heterocycles. The van der Waals surface area contributed by atoms with Crippen LogP contribution in [0.25, 0.3) is 0 Å². The van der Waals surface area contributed by atoms with Gasteiger partial charge in [0.25, 0.3) is 0 Å². The van der Waals surface area contributed by atoms with Gasteiger partial charge in [0.15, 0.2) is 0 Å². The van der Waals surface area contributed by atoms with Crippen molar-refractivity contribution in [1.29, 1.82) is 0 Å². The van der Waals surface area contributed by atoms with E-state index in [1.807, 2.05) is 78.9 Å². The van der Waals surface area contributed by atoms with Crippen molar-refractivity contribution in [3.63, 3.8) is 0 Å². The number of carboxylic acid groups (broad SMARTS) is 1. The number of methoxy groups -OCH3 is 2. The van der Waals surface area contributed by atoms with Gasteiger partial charge in [0, 0.05) is 5.92 Å². The van der Waals surface area contributed by atoms with Gasteiger partial charge in [0.1, 0.15) is 35.8 Å². The molecule has 1 saturated heterocycles. The van der Waals surface area contributed by atoms with E-state index in [1.165, 1.54) is 0 Å². The highest BCUT2D eigenvalue weighted by atomic mass is 16.6. The predicted molar refractivity (Wildman–Crippen MR) is 166 cm³/mol. The van der Waals surface area contributed by atoms with E-state index >= 15 is 0 Å². The molecule has 4 rings (SSSR count). The Hall–Kier alpha value is -4.57. The van der Waals surface area contributed by atoms with Crippen LogP contribution in [0.5, 0.6) is 11.5 Å². The maximum atomic E-state index is 13.5. The summed E-state index contributed by atoms with van der Waals surface area (Å²) >= 11 is 0. The second kappa shape index (κ2) is 16.3. The molecule has 0 radical (unpaired) electrons. The number of nitrogens with one attached hydrogen (secondary N) is 2. The van der Waals surface area contributed by atoms with Crippen LogP contribution in [0.3, 0.4) is 0 Å². The molecular formula is C34H42N2O8. The number of ether oxygens (including phenoxy) is 4. The molecular weight excluding hydrogens is 564 g/mol. The summed E-state index contributed by atoms with van der Waals surface area (Å²) < 4.78 is 21.8. The summed E-state index contributed by atoms with van der Waals surface area (Å²) in [4.78, 5) is 36.5. The van der Waals surface area contributed by atoms with Crippen LogP contribution in [-0.4, -0.2) is 61.6 Å². The van der Waals surface area contributed by atoms with Gasteiger partial charge >= 0.3 is 18.0 Å². The van der Waals surface area contributed by atoms with E-state index in [0.717, 1.165) is 36.1 Å². The summed E-state index contributed by atoms with van der Waals surface area (Å²) in [7, 11) is 3.17. The number of carboxylic acids is 1. The third-order valence-corrected chi connectivity index (χ3v) is 6.79. The molecule has 0 aromatic heterocycles. The van der Waals surface area contributed by atoms with Gasteiger partial charge in [-0.3, -0.25) is 4.79 Å². The van der Waals surface area contributed by atoms with Crippen molar-refractivity contribution in [2.24, 2.45) is 0 Å². The summed E-state index contributed by atoms with van der Waals surface area (Å²) in [5, 5.41) is 14.0. The molecule has 10 heteroatoms. The van der Waals surface area contributed by atoms with Crippen molar-refractivity contribution in [1.82, 2.24) is 10.6 Å². The SMILES string of the molecule is COc1ccc(C(c2ccc(OC)cc2)[C@H](NC(=O)OC(C)(C)C)C(=O)OCc2ccccc2)cc1.O=C(O)[C@@H]1CCCN1. The van der Waals surface area contributed by atoms with Crippen LogP contribution in [-0.2, 0) is 25.7 Å². The normalized spacial score (nSPS) is 14.9. The van der Waals surface area contributed by atoms with E-state index in [-0.39, 0.29) is 12.6 Å². The number of rotatable bonds is 10. The van der Waals surface area contributed by atoms with Gasteiger partial charge in [-0.25, -0.2) is 9.59 Å². The van der Waals surface area contributed by atoms with Gasteiger partial charge in [0.2, 0.25) is 0 Å². The second-order valence-electron chi connectivity index (χ2n) is 11.2. The smallest absolute Gasteiger partial charge is 0.408 e. The summed E-state index contributed by atoms with van der Waals surface area (Å²) in [6.07, 6.45) is 1.07. The molecule has 1 amide bonds. The first-order valence-corrected chi connectivity index (χ1v) is 14.4. The van der Waals surface area contributed by atoms with E-state index in [4.69, 9.17) is 24.1 Å². The molecule has 0 bridgehead atoms. The second-order valence-corrected chi connectivity index (χ2v) is 11.2. The van der Waals surface area contributed by atoms with Crippen molar-refractivity contribution in [3.8, 4) is 11.5 Å². The summed E-state index contributed by atoms with van der Waals surface area (Å²) in [5.74, 6) is -0.521. The number of hydrogen-bond acceptors (Lipinski definition) is 8. The quantitative estimate of drug-likeness (QED) is 0.263. The molecule has 44 heavy (non-hydrogen) atoms. The fourth-order valence-electron chi connectivity index (χ4n) is 4.63. The van der Waals surface area contributed by atoms with Crippen molar-refractivity contribution < 1.29 is 38.4 Å². The van der Waals surface area contributed by atoms with Crippen LogP contribution < -0.4 is 20.1 Å². The molecule has 3 N–H and O–H groups in total. The highest BCUT2D eigenvalue weighted by molar-refractivity contribution is 5.83. The van der Waals surface area contributed by atoms with E-state index in [9.17, 15) is 14.4 Å². The lowest BCUT2D eigenvalue weighted by Gasteiger charge is -2.29. The number of benzene rings is 3. The van der Waals surface area contributed by atoms with E-state index in [0.29, 0.717) is 11.5 Å². The molecule has 1 fully saturated rings. The number of carbonyl (C=O) groups excluding carboxylic acids is 2. The summed E-state index contributed by atoms with van der Waals surface area (Å²) in [6, 6.07) is 22.7. The van der Waals surface area contributed by atoms with Crippen molar-refractivity contribution in [2.75, 3.05) is 20.8 Å². The van der Waals surface area contributed by atoms with Gasteiger partial charge in [-0.15, -0.1) is 0 Å². The zero-order valence-electron chi connectivity index (χ0n) is 25.9. The van der Waals surface area contributed by atoms with Crippen molar-refractivity contribution >= 4 is 18.0 Å². The third-order valence-electron chi connectivity index (χ3n) is 6.79. The highest BCUT2D eigenvalue weighted by Gasteiger charge is 2.35. The number of esters is 1. The first-order valence-electron chi connectivity index (χ1n) is 14.4. The average molecular weight is 607 g/mol. The molecule has 3 aromatic carbocycles. The fourth-order valence-corrected chi connectivity index (χ4v) is 4.63. The van der Waals surface area contributed by atoms with Crippen LogP contribution in [0.1, 0.15) is 56.2 Å². The minimum atomic E-state index is -1.06. The van der Waals surface area contributed by atoms with Crippen LogP contribution in [0, 0.1) is 0 Å². The number of carbonyl (C=O) groups is 3. The summed E-state index contributed by atoms with van der Waals surface area (Å²) in [6.45, 7) is 6.22. The van der Waals surface area contributed by atoms with E-state index in [2.05, 4.69) is 10.6 Å². The van der Waals surface area contributed by atoms with Gasteiger partial charge < -0.3 is 34.7 Å². The topological polar surface area (TPSA) is 132 Å². The summed E-state index contributed by atoms with van der Waals surface area (Å²) in [5.41, 5.74) is 1.68. The Kier molecular flexibility index (Phi) is 12.6. The molecule has 2 atom stereocenters.